The highest BCUT2D eigenvalue weighted by molar-refractivity contribution is 5.08. The number of H-pyrrole nitrogens is 1. The molecule has 1 atom stereocenters. The van der Waals surface area contributed by atoms with Gasteiger partial charge in [-0.25, -0.2) is 0 Å². The van der Waals surface area contributed by atoms with Crippen LogP contribution in [0.1, 0.15) is 19.4 Å². The number of aromatic amines is 1. The molecule has 3 heteroatoms. The molecule has 0 spiro atoms. The van der Waals surface area contributed by atoms with Gasteiger partial charge in [-0.2, -0.15) is 5.26 Å². The SMILES string of the molecule is CC(C)C(C#N)CNCCc1cc[nH]c1. The average Bonchev–Trinajstić information content (AvgIpc) is 2.70. The van der Waals surface area contributed by atoms with Crippen LogP contribution in [0, 0.1) is 23.2 Å². The zero-order valence-electron chi connectivity index (χ0n) is 9.46. The fraction of sp³-hybridized carbons (Fsp3) is 0.583. The third-order valence-electron chi connectivity index (χ3n) is 2.59. The molecule has 0 saturated carbocycles. The Morgan fingerprint density at radius 2 is 2.33 bits per heavy atom. The first-order valence-corrected chi connectivity index (χ1v) is 5.46. The summed E-state index contributed by atoms with van der Waals surface area (Å²) in [5.41, 5.74) is 1.31. The van der Waals surface area contributed by atoms with Crippen molar-refractivity contribution in [2.24, 2.45) is 11.8 Å². The van der Waals surface area contributed by atoms with Crippen LogP contribution in [0.5, 0.6) is 0 Å². The number of nitrogens with one attached hydrogen (secondary N) is 2. The predicted molar refractivity (Wildman–Crippen MR) is 61.3 cm³/mol. The molecule has 0 aliphatic carbocycles. The molecule has 1 unspecified atom stereocenters. The number of hydrogen-bond acceptors (Lipinski definition) is 2. The maximum atomic E-state index is 8.88. The number of nitrogens with zero attached hydrogens (tertiary/aromatic N) is 1. The number of rotatable bonds is 6. The molecule has 82 valence electrons. The molecule has 2 N–H and O–H groups in total. The van der Waals surface area contributed by atoms with Crippen LogP contribution in [0.4, 0.5) is 0 Å². The minimum absolute atomic E-state index is 0.122. The van der Waals surface area contributed by atoms with Crippen molar-refractivity contribution < 1.29 is 0 Å². The molecule has 0 saturated heterocycles. The summed E-state index contributed by atoms with van der Waals surface area (Å²) in [6.45, 7) is 5.89. The van der Waals surface area contributed by atoms with Gasteiger partial charge in [0, 0.05) is 18.9 Å². The first kappa shape index (κ1) is 11.8. The zero-order valence-corrected chi connectivity index (χ0v) is 9.46. The topological polar surface area (TPSA) is 51.6 Å². The van der Waals surface area contributed by atoms with Crippen molar-refractivity contribution in [2.45, 2.75) is 20.3 Å². The van der Waals surface area contributed by atoms with Crippen molar-refractivity contribution in [3.63, 3.8) is 0 Å². The van der Waals surface area contributed by atoms with Crippen LogP contribution in [0.15, 0.2) is 18.5 Å². The average molecular weight is 205 g/mol. The van der Waals surface area contributed by atoms with Crippen molar-refractivity contribution in [2.75, 3.05) is 13.1 Å². The lowest BCUT2D eigenvalue weighted by Gasteiger charge is -2.13. The van der Waals surface area contributed by atoms with Crippen LogP contribution in [-0.4, -0.2) is 18.1 Å². The van der Waals surface area contributed by atoms with Crippen molar-refractivity contribution in [3.8, 4) is 6.07 Å². The molecule has 0 fully saturated rings. The molecule has 0 radical (unpaired) electrons. The van der Waals surface area contributed by atoms with E-state index in [1.165, 1.54) is 5.56 Å². The van der Waals surface area contributed by atoms with E-state index in [4.69, 9.17) is 5.26 Å². The van der Waals surface area contributed by atoms with E-state index in [1.807, 2.05) is 12.4 Å². The smallest absolute Gasteiger partial charge is 0.0671 e. The standard InChI is InChI=1S/C12H19N3/c1-10(2)12(7-13)9-15-6-4-11-3-5-14-8-11/h3,5,8,10,12,14-15H,4,6,9H2,1-2H3. The summed E-state index contributed by atoms with van der Waals surface area (Å²) in [6, 6.07) is 4.40. The van der Waals surface area contributed by atoms with E-state index < -0.39 is 0 Å². The van der Waals surface area contributed by atoms with E-state index in [1.54, 1.807) is 0 Å². The molecular formula is C12H19N3. The third kappa shape index (κ3) is 4.18. The van der Waals surface area contributed by atoms with Crippen LogP contribution in [-0.2, 0) is 6.42 Å². The Balaban J connectivity index is 2.14. The quantitative estimate of drug-likeness (QED) is 0.697. The second kappa shape index (κ2) is 6.26. The molecule has 0 aliphatic rings. The van der Waals surface area contributed by atoms with E-state index in [2.05, 4.69) is 36.3 Å². The monoisotopic (exact) mass is 205 g/mol. The Morgan fingerprint density at radius 3 is 2.87 bits per heavy atom. The summed E-state index contributed by atoms with van der Waals surface area (Å²) in [6.07, 6.45) is 4.95. The maximum Gasteiger partial charge on any atom is 0.0671 e. The van der Waals surface area contributed by atoms with E-state index in [9.17, 15) is 0 Å². The summed E-state index contributed by atoms with van der Waals surface area (Å²) >= 11 is 0. The molecule has 1 aromatic heterocycles. The summed E-state index contributed by atoms with van der Waals surface area (Å²) in [5, 5.41) is 12.2. The fourth-order valence-electron chi connectivity index (χ4n) is 1.43. The Morgan fingerprint density at radius 1 is 1.53 bits per heavy atom. The van der Waals surface area contributed by atoms with Crippen molar-refractivity contribution in [1.29, 1.82) is 5.26 Å². The van der Waals surface area contributed by atoms with E-state index >= 15 is 0 Å². The maximum absolute atomic E-state index is 8.88. The van der Waals surface area contributed by atoms with Gasteiger partial charge in [0.05, 0.1) is 12.0 Å². The molecular weight excluding hydrogens is 186 g/mol. The van der Waals surface area contributed by atoms with Gasteiger partial charge in [-0.3, -0.25) is 0 Å². The van der Waals surface area contributed by atoms with Gasteiger partial charge in [-0.05, 0) is 30.5 Å². The molecule has 15 heavy (non-hydrogen) atoms. The van der Waals surface area contributed by atoms with Gasteiger partial charge in [0.25, 0.3) is 0 Å². The minimum atomic E-state index is 0.122. The normalized spacial score (nSPS) is 12.7. The van der Waals surface area contributed by atoms with Gasteiger partial charge in [0.1, 0.15) is 0 Å². The Bertz CT molecular complexity index is 295. The largest absolute Gasteiger partial charge is 0.367 e. The summed E-state index contributed by atoms with van der Waals surface area (Å²) in [7, 11) is 0. The Labute approximate surface area is 91.5 Å². The highest BCUT2D eigenvalue weighted by Gasteiger charge is 2.10. The minimum Gasteiger partial charge on any atom is -0.367 e. The first-order valence-electron chi connectivity index (χ1n) is 5.46. The van der Waals surface area contributed by atoms with Crippen LogP contribution in [0.2, 0.25) is 0 Å². The van der Waals surface area contributed by atoms with Gasteiger partial charge < -0.3 is 10.3 Å². The van der Waals surface area contributed by atoms with Crippen molar-refractivity contribution in [1.82, 2.24) is 10.3 Å². The Hall–Kier alpha value is -1.27. The zero-order chi connectivity index (χ0) is 11.1. The van der Waals surface area contributed by atoms with Crippen LogP contribution in [0.3, 0.4) is 0 Å². The molecule has 1 aromatic rings. The van der Waals surface area contributed by atoms with Gasteiger partial charge in [-0.1, -0.05) is 13.8 Å². The molecule has 1 heterocycles. The van der Waals surface area contributed by atoms with E-state index in [-0.39, 0.29) is 5.92 Å². The summed E-state index contributed by atoms with van der Waals surface area (Å²) in [5.74, 6) is 0.547. The second-order valence-electron chi connectivity index (χ2n) is 4.15. The van der Waals surface area contributed by atoms with Crippen molar-refractivity contribution >= 4 is 0 Å². The number of hydrogen-bond donors (Lipinski definition) is 2. The molecule has 1 rings (SSSR count). The second-order valence-corrected chi connectivity index (χ2v) is 4.15. The predicted octanol–water partition coefficient (Wildman–Crippen LogP) is 1.94. The number of nitriles is 1. The van der Waals surface area contributed by atoms with Crippen LogP contribution >= 0.6 is 0 Å². The first-order chi connectivity index (χ1) is 7.24. The fourth-order valence-corrected chi connectivity index (χ4v) is 1.43. The molecule has 3 nitrogen and oxygen atoms in total. The van der Waals surface area contributed by atoms with Crippen molar-refractivity contribution in [3.05, 3.63) is 24.0 Å². The van der Waals surface area contributed by atoms with E-state index in [0.717, 1.165) is 19.5 Å². The van der Waals surface area contributed by atoms with Crippen LogP contribution < -0.4 is 5.32 Å². The van der Waals surface area contributed by atoms with Gasteiger partial charge in [0.2, 0.25) is 0 Å². The summed E-state index contributed by atoms with van der Waals surface area (Å²) < 4.78 is 0. The van der Waals surface area contributed by atoms with Gasteiger partial charge in [0.15, 0.2) is 0 Å². The van der Waals surface area contributed by atoms with Gasteiger partial charge >= 0.3 is 0 Å². The third-order valence-corrected chi connectivity index (χ3v) is 2.59. The molecule has 0 aromatic carbocycles. The molecule has 0 bridgehead atoms. The lowest BCUT2D eigenvalue weighted by Crippen LogP contribution is -2.26. The Kier molecular flexibility index (Phi) is 4.92. The highest BCUT2D eigenvalue weighted by atomic mass is 14.9. The highest BCUT2D eigenvalue weighted by Crippen LogP contribution is 2.07. The van der Waals surface area contributed by atoms with Gasteiger partial charge in [-0.15, -0.1) is 0 Å². The molecule has 0 aliphatic heterocycles. The van der Waals surface area contributed by atoms with E-state index in [0.29, 0.717) is 5.92 Å². The lowest BCUT2D eigenvalue weighted by atomic mass is 9.97. The molecule has 0 amide bonds. The summed E-state index contributed by atoms with van der Waals surface area (Å²) in [4.78, 5) is 3.03. The number of aromatic nitrogens is 1. The van der Waals surface area contributed by atoms with Crippen LogP contribution in [0.25, 0.3) is 0 Å². The lowest BCUT2D eigenvalue weighted by molar-refractivity contribution is 0.444.